The van der Waals surface area contributed by atoms with Crippen LogP contribution in [0, 0.1) is 0 Å². The summed E-state index contributed by atoms with van der Waals surface area (Å²) in [5.41, 5.74) is 1.99. The molecule has 0 bridgehead atoms. The van der Waals surface area contributed by atoms with E-state index in [-0.39, 0.29) is 11.7 Å². The Morgan fingerprint density at radius 3 is 2.86 bits per heavy atom. The molecule has 0 radical (unpaired) electrons. The van der Waals surface area contributed by atoms with Gasteiger partial charge in [-0.25, -0.2) is 9.97 Å². The van der Waals surface area contributed by atoms with Crippen molar-refractivity contribution in [2.45, 2.75) is 5.16 Å². The van der Waals surface area contributed by atoms with Crippen LogP contribution in [0.4, 0.5) is 5.82 Å². The van der Waals surface area contributed by atoms with Gasteiger partial charge in [0.2, 0.25) is 5.91 Å². The van der Waals surface area contributed by atoms with E-state index in [1.165, 1.54) is 11.8 Å². The number of carbonyl (C=O) groups excluding carboxylic acids is 1. The first kappa shape index (κ1) is 15.1. The second kappa shape index (κ2) is 6.50. The molecule has 0 aliphatic heterocycles. The second-order valence-electron chi connectivity index (χ2n) is 4.64. The van der Waals surface area contributed by atoms with Crippen LogP contribution in [0.15, 0.2) is 52.2 Å². The van der Waals surface area contributed by atoms with Crippen molar-refractivity contribution in [2.75, 3.05) is 11.1 Å². The molecule has 0 aliphatic carbocycles. The van der Waals surface area contributed by atoms with Gasteiger partial charge in [0.25, 0.3) is 0 Å². The molecule has 0 atom stereocenters. The van der Waals surface area contributed by atoms with Crippen molar-refractivity contribution in [1.82, 2.24) is 14.5 Å². The van der Waals surface area contributed by atoms with E-state index in [1.54, 1.807) is 12.3 Å². The van der Waals surface area contributed by atoms with Crippen molar-refractivity contribution in [1.29, 1.82) is 0 Å². The number of carbonyl (C=O) groups is 1. The summed E-state index contributed by atoms with van der Waals surface area (Å²) in [7, 11) is 1.95. The summed E-state index contributed by atoms with van der Waals surface area (Å²) in [5.74, 6) is 0.722. The molecule has 2 heterocycles. The van der Waals surface area contributed by atoms with Gasteiger partial charge in [-0.15, -0.1) is 0 Å². The first-order chi connectivity index (χ1) is 10.6. The highest BCUT2D eigenvalue weighted by Crippen LogP contribution is 2.22. The first-order valence-electron chi connectivity index (χ1n) is 6.59. The summed E-state index contributed by atoms with van der Waals surface area (Å²) < 4.78 is 2.87. The number of nitrogens with one attached hydrogen (secondary N) is 1. The van der Waals surface area contributed by atoms with Crippen molar-refractivity contribution in [3.05, 3.63) is 47.1 Å². The maximum atomic E-state index is 12.0. The number of thioether (sulfide) groups is 1. The number of imidazole rings is 1. The summed E-state index contributed by atoms with van der Waals surface area (Å²) >= 11 is 4.71. The average molecular weight is 377 g/mol. The molecule has 0 fully saturated rings. The van der Waals surface area contributed by atoms with Gasteiger partial charge >= 0.3 is 0 Å². The number of nitrogens with zero attached hydrogens (tertiary/aromatic N) is 3. The Kier molecular flexibility index (Phi) is 4.44. The van der Waals surface area contributed by atoms with Crippen LogP contribution in [0.1, 0.15) is 0 Å². The zero-order valence-electron chi connectivity index (χ0n) is 11.8. The molecule has 3 rings (SSSR count). The number of hydrogen-bond acceptors (Lipinski definition) is 4. The molecule has 1 aromatic carbocycles. The molecule has 7 heteroatoms. The molecule has 0 saturated carbocycles. The third-order valence-electron chi connectivity index (χ3n) is 3.07. The Bertz CT molecular complexity index is 816. The van der Waals surface area contributed by atoms with Crippen LogP contribution in [0.2, 0.25) is 0 Å². The largest absolute Gasteiger partial charge is 0.322 e. The molecule has 5 nitrogen and oxygen atoms in total. The van der Waals surface area contributed by atoms with Crippen LogP contribution >= 0.6 is 27.7 Å². The number of pyridine rings is 1. The van der Waals surface area contributed by atoms with Crippen molar-refractivity contribution in [2.24, 2.45) is 7.05 Å². The zero-order valence-corrected chi connectivity index (χ0v) is 14.2. The number of aryl methyl sites for hydroxylation is 1. The second-order valence-corrected chi connectivity index (χ2v) is 6.50. The monoisotopic (exact) mass is 376 g/mol. The van der Waals surface area contributed by atoms with Gasteiger partial charge in [-0.05, 0) is 40.2 Å². The third-order valence-corrected chi connectivity index (χ3v) is 4.57. The van der Waals surface area contributed by atoms with Crippen molar-refractivity contribution in [3.63, 3.8) is 0 Å². The summed E-state index contributed by atoms with van der Waals surface area (Å²) in [6.45, 7) is 0. The lowest BCUT2D eigenvalue weighted by Crippen LogP contribution is -2.15. The minimum absolute atomic E-state index is 0.105. The number of para-hydroxylation sites is 2. The maximum Gasteiger partial charge on any atom is 0.236 e. The number of fused-ring (bicyclic) bond motifs is 1. The number of aromatic nitrogens is 3. The van der Waals surface area contributed by atoms with Crippen LogP contribution < -0.4 is 5.32 Å². The first-order valence-corrected chi connectivity index (χ1v) is 8.37. The molecule has 112 valence electrons. The predicted octanol–water partition coefficient (Wildman–Crippen LogP) is 3.46. The Morgan fingerprint density at radius 2 is 2.14 bits per heavy atom. The Morgan fingerprint density at radius 1 is 1.32 bits per heavy atom. The van der Waals surface area contributed by atoms with E-state index in [9.17, 15) is 4.79 Å². The fraction of sp³-hybridized carbons (Fsp3) is 0.133. The molecule has 22 heavy (non-hydrogen) atoms. The van der Waals surface area contributed by atoms with E-state index >= 15 is 0 Å². The molecular formula is C15H13BrN4OS. The number of amides is 1. The van der Waals surface area contributed by atoms with Gasteiger partial charge in [-0.2, -0.15) is 0 Å². The minimum atomic E-state index is -0.105. The number of benzene rings is 1. The summed E-state index contributed by atoms with van der Waals surface area (Å²) in [6, 6.07) is 11.5. The highest BCUT2D eigenvalue weighted by Gasteiger charge is 2.10. The fourth-order valence-electron chi connectivity index (χ4n) is 2.01. The summed E-state index contributed by atoms with van der Waals surface area (Å²) in [5, 5.41) is 3.58. The van der Waals surface area contributed by atoms with E-state index in [0.29, 0.717) is 5.82 Å². The number of rotatable bonds is 4. The highest BCUT2D eigenvalue weighted by atomic mass is 79.9. The van der Waals surface area contributed by atoms with Gasteiger partial charge in [0.15, 0.2) is 5.16 Å². The molecule has 0 aliphatic rings. The lowest BCUT2D eigenvalue weighted by molar-refractivity contribution is -0.113. The smallest absolute Gasteiger partial charge is 0.236 e. The van der Waals surface area contributed by atoms with Crippen LogP contribution in [-0.4, -0.2) is 26.2 Å². The number of halogens is 1. The topological polar surface area (TPSA) is 59.8 Å². The van der Waals surface area contributed by atoms with Gasteiger partial charge in [0.1, 0.15) is 5.82 Å². The van der Waals surface area contributed by atoms with E-state index in [4.69, 9.17) is 0 Å². The molecule has 0 spiro atoms. The van der Waals surface area contributed by atoms with Gasteiger partial charge in [-0.3, -0.25) is 4.79 Å². The Balaban J connectivity index is 1.64. The molecular weight excluding hydrogens is 364 g/mol. The summed E-state index contributed by atoms with van der Waals surface area (Å²) in [6.07, 6.45) is 1.65. The quantitative estimate of drug-likeness (QED) is 0.708. The number of anilines is 1. The molecule has 2 aromatic heterocycles. The predicted molar refractivity (Wildman–Crippen MR) is 92.0 cm³/mol. The van der Waals surface area contributed by atoms with E-state index in [2.05, 4.69) is 31.2 Å². The van der Waals surface area contributed by atoms with Crippen LogP contribution in [0.5, 0.6) is 0 Å². The normalized spacial score (nSPS) is 10.8. The molecule has 0 unspecified atom stereocenters. The van der Waals surface area contributed by atoms with Crippen LogP contribution in [0.3, 0.4) is 0 Å². The van der Waals surface area contributed by atoms with Crippen LogP contribution in [-0.2, 0) is 11.8 Å². The van der Waals surface area contributed by atoms with Crippen molar-refractivity contribution < 1.29 is 4.79 Å². The Labute approximate surface area is 140 Å². The SMILES string of the molecule is Cn1c(SCC(=O)Nc2ccc(Br)cn2)nc2ccccc21. The van der Waals surface area contributed by atoms with Gasteiger partial charge in [-0.1, -0.05) is 23.9 Å². The van der Waals surface area contributed by atoms with E-state index < -0.39 is 0 Å². The van der Waals surface area contributed by atoms with Crippen molar-refractivity contribution >= 4 is 50.5 Å². The average Bonchev–Trinajstić information content (AvgIpc) is 2.84. The lowest BCUT2D eigenvalue weighted by Gasteiger charge is -2.04. The molecule has 0 saturated heterocycles. The Hall–Kier alpha value is -1.86. The van der Waals surface area contributed by atoms with Gasteiger partial charge < -0.3 is 9.88 Å². The minimum Gasteiger partial charge on any atom is -0.322 e. The fourth-order valence-corrected chi connectivity index (χ4v) is 3.03. The van der Waals surface area contributed by atoms with Crippen molar-refractivity contribution in [3.8, 4) is 0 Å². The highest BCUT2D eigenvalue weighted by molar-refractivity contribution is 9.10. The third kappa shape index (κ3) is 3.31. The molecule has 3 aromatic rings. The van der Waals surface area contributed by atoms with E-state index in [0.717, 1.165) is 20.7 Å². The van der Waals surface area contributed by atoms with Gasteiger partial charge in [0.05, 0.1) is 16.8 Å². The standard InChI is InChI=1S/C15H13BrN4OS/c1-20-12-5-3-2-4-11(12)18-15(20)22-9-14(21)19-13-7-6-10(16)8-17-13/h2-8H,9H2,1H3,(H,17,19,21). The molecule has 1 N–H and O–H groups in total. The zero-order chi connectivity index (χ0) is 15.5. The molecule has 1 amide bonds. The van der Waals surface area contributed by atoms with Gasteiger partial charge in [0, 0.05) is 17.7 Å². The van der Waals surface area contributed by atoms with E-state index in [1.807, 2.05) is 41.9 Å². The summed E-state index contributed by atoms with van der Waals surface area (Å²) in [4.78, 5) is 20.6. The maximum absolute atomic E-state index is 12.0. The lowest BCUT2D eigenvalue weighted by atomic mass is 10.3. The van der Waals surface area contributed by atoms with Crippen LogP contribution in [0.25, 0.3) is 11.0 Å². The number of hydrogen-bond donors (Lipinski definition) is 1.